The maximum atomic E-state index is 11.9. The number of carbonyl (C=O) groups excluding carboxylic acids is 1. The Morgan fingerprint density at radius 1 is 1.21 bits per heavy atom. The molecule has 2 heterocycles. The summed E-state index contributed by atoms with van der Waals surface area (Å²) in [7, 11) is 3.39. The van der Waals surface area contributed by atoms with Crippen molar-refractivity contribution >= 4 is 23.3 Å². The number of anilines is 1. The van der Waals surface area contributed by atoms with Crippen LogP contribution in [-0.4, -0.2) is 55.5 Å². The van der Waals surface area contributed by atoms with Crippen molar-refractivity contribution in [2.45, 2.75) is 31.7 Å². The minimum atomic E-state index is -0.501. The molecule has 0 bridgehead atoms. The molecule has 3 aromatic rings. The second kappa shape index (κ2) is 9.09. The van der Waals surface area contributed by atoms with Crippen molar-refractivity contribution in [2.75, 3.05) is 19.8 Å². The molecule has 1 atom stereocenters. The fourth-order valence-corrected chi connectivity index (χ4v) is 4.01. The van der Waals surface area contributed by atoms with Gasteiger partial charge >= 0.3 is 0 Å². The molecular formula is C25H30N7O2+. The molecule has 1 aliphatic rings. The Morgan fingerprint density at radius 2 is 1.85 bits per heavy atom. The molecule has 1 saturated carbocycles. The summed E-state index contributed by atoms with van der Waals surface area (Å²) in [5.74, 6) is 0.724. The zero-order chi connectivity index (χ0) is 24.5. The summed E-state index contributed by atoms with van der Waals surface area (Å²) in [6.45, 7) is 2.19. The van der Waals surface area contributed by atoms with Gasteiger partial charge in [0.2, 0.25) is 11.9 Å². The number of amides is 1. The number of carbonyl (C=O) groups is 1. The Kier molecular flexibility index (Phi) is 6.19. The Morgan fingerprint density at radius 3 is 2.44 bits per heavy atom. The predicted octanol–water partition coefficient (Wildman–Crippen LogP) is 2.46. The van der Waals surface area contributed by atoms with Gasteiger partial charge < -0.3 is 21.1 Å². The molecule has 0 radical (unpaired) electrons. The van der Waals surface area contributed by atoms with Gasteiger partial charge in [-0.05, 0) is 36.8 Å². The number of aromatic nitrogens is 4. The van der Waals surface area contributed by atoms with E-state index < -0.39 is 5.41 Å². The van der Waals surface area contributed by atoms with Crippen molar-refractivity contribution in [1.82, 2.24) is 24.6 Å². The largest absolute Gasteiger partial charge is 0.593 e. The van der Waals surface area contributed by atoms with Crippen LogP contribution in [0.3, 0.4) is 0 Å². The first-order chi connectivity index (χ1) is 16.2. The molecule has 34 heavy (non-hydrogen) atoms. The third kappa shape index (κ3) is 4.68. The van der Waals surface area contributed by atoms with E-state index in [1.807, 2.05) is 24.3 Å². The van der Waals surface area contributed by atoms with Gasteiger partial charge in [0.15, 0.2) is 0 Å². The first-order valence-corrected chi connectivity index (χ1v) is 11.1. The zero-order valence-electron chi connectivity index (χ0n) is 19.6. The molecule has 1 amide bonds. The van der Waals surface area contributed by atoms with Crippen LogP contribution in [0.15, 0.2) is 55.1 Å². The number of benzene rings is 1. The van der Waals surface area contributed by atoms with Crippen molar-refractivity contribution in [3.63, 3.8) is 0 Å². The second-order valence-corrected chi connectivity index (χ2v) is 9.07. The van der Waals surface area contributed by atoms with Crippen LogP contribution in [-0.2, 0) is 16.8 Å². The highest BCUT2D eigenvalue weighted by Gasteiger charge is 2.45. The van der Waals surface area contributed by atoms with Crippen molar-refractivity contribution in [3.8, 4) is 11.1 Å². The van der Waals surface area contributed by atoms with E-state index in [0.29, 0.717) is 17.2 Å². The molecule has 0 saturated heterocycles. The first kappa shape index (κ1) is 23.2. The van der Waals surface area contributed by atoms with Crippen molar-refractivity contribution < 1.29 is 9.90 Å². The number of nitrogens with zero attached hydrogens (tertiary/aromatic N) is 5. The summed E-state index contributed by atoms with van der Waals surface area (Å²) < 4.78 is 1.52. The monoisotopic (exact) mass is 460 g/mol. The zero-order valence-corrected chi connectivity index (χ0v) is 19.6. The first-order valence-electron chi connectivity index (χ1n) is 11.1. The molecule has 1 aromatic carbocycles. The fraction of sp³-hybridized carbons (Fsp3) is 0.320. The topological polar surface area (TPSA) is 137 Å². The number of hydrogen-bond donors (Lipinski definition) is 2. The van der Waals surface area contributed by atoms with Gasteiger partial charge in [-0.2, -0.15) is 5.10 Å². The van der Waals surface area contributed by atoms with Gasteiger partial charge in [-0.15, -0.1) is 0 Å². The summed E-state index contributed by atoms with van der Waals surface area (Å²) in [6.07, 6.45) is 10.3. The minimum Gasteiger partial charge on any atom is -0.593 e. The van der Waals surface area contributed by atoms with Gasteiger partial charge in [-0.3, -0.25) is 9.48 Å². The minimum absolute atomic E-state index is 0.0757. The molecule has 9 heteroatoms. The van der Waals surface area contributed by atoms with E-state index in [-0.39, 0.29) is 24.2 Å². The molecule has 1 aliphatic carbocycles. The number of hydrogen-bond acceptors (Lipinski definition) is 6. The van der Waals surface area contributed by atoms with Crippen LogP contribution < -0.4 is 5.73 Å². The Labute approximate surface area is 198 Å². The number of nitrogens with one attached hydrogen (secondary N) is 1. The molecular weight excluding hydrogens is 430 g/mol. The molecule has 0 spiro atoms. The fourth-order valence-electron chi connectivity index (χ4n) is 4.01. The standard InChI is InChI=1S/C25H29N7O2/c1-25(20-8-9-20,19-6-4-16(5-7-19)17-11-28-24(27)29-12-17)22(26)10-21(33)18-13-30-32(14-18)15-23(34)31(2)3/h4-7,10-14,20,26,33H,8-9,15H2,1-3H3,(H2,27,28,29)/p+1/b21-10-,26-22?/t25-/m1/s1. The van der Waals surface area contributed by atoms with Gasteiger partial charge in [0.1, 0.15) is 12.1 Å². The Balaban J connectivity index is 1.56. The summed E-state index contributed by atoms with van der Waals surface area (Å²) in [6, 6.07) is 8.10. The summed E-state index contributed by atoms with van der Waals surface area (Å²) >= 11 is 0. The molecule has 4 rings (SSSR count). The lowest BCUT2D eigenvalue weighted by molar-refractivity contribution is -0.129. The van der Waals surface area contributed by atoms with Crippen molar-refractivity contribution in [1.29, 1.82) is 5.41 Å². The number of likely N-dealkylation sites (N-methyl/N-ethyl adjacent to an activating group) is 1. The third-order valence-corrected chi connectivity index (χ3v) is 6.47. The highest BCUT2D eigenvalue weighted by Crippen LogP contribution is 2.48. The van der Waals surface area contributed by atoms with E-state index in [1.165, 1.54) is 9.58 Å². The lowest BCUT2D eigenvalue weighted by atomic mass is 9.73. The highest BCUT2D eigenvalue weighted by atomic mass is 16.3. The van der Waals surface area contributed by atoms with Crippen LogP contribution in [0.5, 0.6) is 0 Å². The Bertz CT molecular complexity index is 1220. The quantitative estimate of drug-likeness (QED) is 0.302. The number of nitrogen functional groups attached to an aromatic ring is 1. The Hall–Kier alpha value is -4.01. The van der Waals surface area contributed by atoms with E-state index in [9.17, 15) is 4.79 Å². The second-order valence-electron chi connectivity index (χ2n) is 9.07. The average molecular weight is 461 g/mol. The van der Waals surface area contributed by atoms with Gasteiger partial charge in [-0.25, -0.2) is 9.97 Å². The van der Waals surface area contributed by atoms with Gasteiger partial charge in [-0.1, -0.05) is 24.3 Å². The number of nitrogens with two attached hydrogens (primary N) is 1. The third-order valence-electron chi connectivity index (χ3n) is 6.47. The summed E-state index contributed by atoms with van der Waals surface area (Å²) in [5.41, 5.74) is 8.94. The molecule has 176 valence electrons. The smallest absolute Gasteiger partial charge is 0.266 e. The predicted molar refractivity (Wildman–Crippen MR) is 132 cm³/mol. The maximum absolute atomic E-state index is 11.9. The van der Waals surface area contributed by atoms with Crippen LogP contribution in [0.2, 0.25) is 0 Å². The average Bonchev–Trinajstić information content (AvgIpc) is 3.58. The number of allylic oxidation sites excluding steroid dienone is 1. The molecule has 0 unspecified atom stereocenters. The molecule has 0 aliphatic heterocycles. The van der Waals surface area contributed by atoms with Gasteiger partial charge in [0, 0.05) is 43.7 Å². The van der Waals surface area contributed by atoms with E-state index in [4.69, 9.17) is 16.2 Å². The van der Waals surface area contributed by atoms with E-state index in [2.05, 4.69) is 22.0 Å². The molecule has 5 N–H and O–H groups in total. The molecule has 1 fully saturated rings. The van der Waals surface area contributed by atoms with Crippen molar-refractivity contribution in [3.05, 3.63) is 66.3 Å². The van der Waals surface area contributed by atoms with E-state index in [0.717, 1.165) is 29.5 Å². The maximum Gasteiger partial charge on any atom is 0.266 e. The van der Waals surface area contributed by atoms with Crippen LogP contribution >= 0.6 is 0 Å². The SMILES string of the molecule is CN(C)C(=O)Cn1cc(/C([OH2+])=C/C(=N)[C@](C)(c2ccc(-c3cnc(N)nc3)cc2)C2CC2)cn1. The van der Waals surface area contributed by atoms with Gasteiger partial charge in [0.05, 0.1) is 18.0 Å². The number of rotatable bonds is 8. The van der Waals surface area contributed by atoms with Gasteiger partial charge in [0.25, 0.3) is 5.76 Å². The van der Waals surface area contributed by atoms with Crippen molar-refractivity contribution in [2.24, 2.45) is 5.92 Å². The van der Waals surface area contributed by atoms with E-state index >= 15 is 0 Å². The summed E-state index contributed by atoms with van der Waals surface area (Å²) in [5, 5.41) is 21.7. The molecule has 9 nitrogen and oxygen atoms in total. The normalized spacial score (nSPS) is 15.6. The van der Waals surface area contributed by atoms with E-state index in [1.54, 1.807) is 45.0 Å². The van der Waals surface area contributed by atoms with Crippen LogP contribution in [0.1, 0.15) is 30.9 Å². The summed E-state index contributed by atoms with van der Waals surface area (Å²) in [4.78, 5) is 21.5. The lowest BCUT2D eigenvalue weighted by Crippen LogP contribution is -2.33. The van der Waals surface area contributed by atoms with Crippen LogP contribution in [0.25, 0.3) is 16.9 Å². The molecule has 2 aromatic heterocycles. The van der Waals surface area contributed by atoms with Crippen LogP contribution in [0.4, 0.5) is 5.95 Å². The lowest BCUT2D eigenvalue weighted by Gasteiger charge is -2.30. The highest BCUT2D eigenvalue weighted by molar-refractivity contribution is 6.05. The van der Waals surface area contributed by atoms with Crippen LogP contribution in [0, 0.1) is 11.3 Å².